The van der Waals surface area contributed by atoms with E-state index in [1.54, 1.807) is 6.07 Å². The molecule has 0 saturated heterocycles. The lowest BCUT2D eigenvalue weighted by Crippen LogP contribution is -3.61. The Hall–Kier alpha value is -0.550. The smallest absolute Gasteiger partial charge is 0.358 e. The Morgan fingerprint density at radius 3 is 2.24 bits per heavy atom. The lowest BCUT2D eigenvalue weighted by atomic mass is 9.87. The quantitative estimate of drug-likeness (QED) is 0.405. The summed E-state index contributed by atoms with van der Waals surface area (Å²) < 4.78 is 10.7. The van der Waals surface area contributed by atoms with Crippen LogP contribution < -0.4 is 25.9 Å². The van der Waals surface area contributed by atoms with E-state index in [0.717, 1.165) is 18.5 Å². The molecule has 0 aliphatic heterocycles. The summed E-state index contributed by atoms with van der Waals surface area (Å²) in [4.78, 5) is 0. The Morgan fingerprint density at radius 1 is 0.931 bits per heavy atom. The molecule has 3 aromatic carbocycles. The van der Waals surface area contributed by atoms with Gasteiger partial charge in [-0.1, -0.05) is 32.9 Å². The van der Waals surface area contributed by atoms with E-state index in [1.165, 1.54) is 18.3 Å². The molecule has 0 aliphatic carbocycles. The van der Waals surface area contributed by atoms with Crippen molar-refractivity contribution in [1.82, 2.24) is 0 Å². The minimum atomic E-state index is -0.209. The van der Waals surface area contributed by atoms with Crippen molar-refractivity contribution in [1.29, 1.82) is 0 Å². The molecular formula is C24H24I3O2+. The molecule has 0 amide bonds. The van der Waals surface area contributed by atoms with Crippen molar-refractivity contribution in [2.75, 3.05) is 0 Å². The number of benzene rings is 3. The average Bonchev–Trinajstić information content (AvgIpc) is 2.65. The summed E-state index contributed by atoms with van der Waals surface area (Å²) in [5, 5.41) is 9.80. The van der Waals surface area contributed by atoms with Gasteiger partial charge in [0.25, 0.3) is 0 Å². The van der Waals surface area contributed by atoms with Crippen molar-refractivity contribution in [3.05, 3.63) is 85.6 Å². The predicted molar refractivity (Wildman–Crippen MR) is 132 cm³/mol. The summed E-state index contributed by atoms with van der Waals surface area (Å²) in [6.45, 7) is 9.41. The SMILES string of the molecule is Cc1cc(OCc2cc(I)c(O)cc2I)ccc1[I+]c1ccc(C(C)(C)C)cc1. The van der Waals surface area contributed by atoms with Gasteiger partial charge in [0.15, 0.2) is 7.14 Å². The standard InChI is InChI=1S/C24H23I3O2/c1-15-11-19(29-14-16-12-21(26)23(28)13-20(16)25)9-10-22(15)27-18-7-5-17(6-8-18)24(2,3)4/h5-13H,14H2,1-4H3/p+1. The lowest BCUT2D eigenvalue weighted by Gasteiger charge is -2.18. The van der Waals surface area contributed by atoms with Crippen LogP contribution in [-0.2, 0) is 12.0 Å². The molecule has 0 unspecified atom stereocenters. The van der Waals surface area contributed by atoms with E-state index < -0.39 is 0 Å². The van der Waals surface area contributed by atoms with Gasteiger partial charge in [-0.3, -0.25) is 0 Å². The molecule has 0 fully saturated rings. The molecule has 0 atom stereocenters. The lowest BCUT2D eigenvalue weighted by molar-refractivity contribution is -0.598. The maximum Gasteiger partial charge on any atom is 0.358 e. The van der Waals surface area contributed by atoms with Gasteiger partial charge in [-0.05, 0) is 106 Å². The summed E-state index contributed by atoms with van der Waals surface area (Å²) in [5.41, 5.74) is 3.94. The van der Waals surface area contributed by atoms with Crippen LogP contribution in [0.15, 0.2) is 54.6 Å². The average molecular weight is 725 g/mol. The van der Waals surface area contributed by atoms with Crippen LogP contribution in [0.25, 0.3) is 0 Å². The number of halogens is 3. The number of aryl methyl sites for hydroxylation is 1. The molecule has 0 aromatic heterocycles. The Kier molecular flexibility index (Phi) is 7.75. The van der Waals surface area contributed by atoms with Gasteiger partial charge in [0, 0.05) is 14.7 Å². The molecule has 152 valence electrons. The van der Waals surface area contributed by atoms with Gasteiger partial charge < -0.3 is 9.84 Å². The van der Waals surface area contributed by atoms with Crippen LogP contribution in [0, 0.1) is 21.2 Å². The van der Waals surface area contributed by atoms with Gasteiger partial charge in [0.1, 0.15) is 18.1 Å². The fourth-order valence-electron chi connectivity index (χ4n) is 2.79. The number of hydrogen-bond donors (Lipinski definition) is 1. The summed E-state index contributed by atoms with van der Waals surface area (Å²) in [6.07, 6.45) is 0. The molecule has 3 rings (SSSR count). The van der Waals surface area contributed by atoms with Gasteiger partial charge in [-0.2, -0.15) is 0 Å². The Bertz CT molecular complexity index is 1010. The first-order valence-electron chi connectivity index (χ1n) is 9.29. The van der Waals surface area contributed by atoms with Gasteiger partial charge in [-0.25, -0.2) is 0 Å². The van der Waals surface area contributed by atoms with Gasteiger partial charge in [0.05, 0.1) is 3.57 Å². The molecule has 29 heavy (non-hydrogen) atoms. The van der Waals surface area contributed by atoms with E-state index in [0.29, 0.717) is 12.4 Å². The normalized spacial score (nSPS) is 11.5. The topological polar surface area (TPSA) is 29.5 Å². The zero-order valence-electron chi connectivity index (χ0n) is 16.9. The zero-order valence-corrected chi connectivity index (χ0v) is 23.4. The maximum atomic E-state index is 9.80. The first-order valence-corrected chi connectivity index (χ1v) is 13.6. The molecule has 0 spiro atoms. The van der Waals surface area contributed by atoms with Gasteiger partial charge >= 0.3 is 21.2 Å². The van der Waals surface area contributed by atoms with Crippen molar-refractivity contribution in [3.63, 3.8) is 0 Å². The number of ether oxygens (including phenoxy) is 1. The fraction of sp³-hybridized carbons (Fsp3) is 0.250. The third-order valence-electron chi connectivity index (χ3n) is 4.56. The van der Waals surface area contributed by atoms with Crippen LogP contribution in [0.5, 0.6) is 11.5 Å². The van der Waals surface area contributed by atoms with Crippen molar-refractivity contribution < 1.29 is 31.0 Å². The van der Waals surface area contributed by atoms with Crippen molar-refractivity contribution in [2.45, 2.75) is 39.7 Å². The summed E-state index contributed by atoms with van der Waals surface area (Å²) in [6, 6.07) is 19.3. The molecule has 3 aromatic rings. The Labute approximate surface area is 211 Å². The van der Waals surface area contributed by atoms with E-state index in [9.17, 15) is 5.11 Å². The predicted octanol–water partition coefficient (Wildman–Crippen LogP) is 3.91. The highest BCUT2D eigenvalue weighted by Gasteiger charge is 2.20. The molecule has 0 aliphatic rings. The molecule has 1 N–H and O–H groups in total. The highest BCUT2D eigenvalue weighted by atomic mass is 127. The second-order valence-corrected chi connectivity index (χ2v) is 13.2. The number of phenolic OH excluding ortho intramolecular Hbond substituents is 1. The van der Waals surface area contributed by atoms with E-state index in [1.807, 2.05) is 6.07 Å². The van der Waals surface area contributed by atoms with Crippen LogP contribution in [0.4, 0.5) is 0 Å². The van der Waals surface area contributed by atoms with Crippen molar-refractivity contribution in [3.8, 4) is 11.5 Å². The van der Waals surface area contributed by atoms with Crippen LogP contribution in [-0.4, -0.2) is 5.11 Å². The highest BCUT2D eigenvalue weighted by Crippen LogP contribution is 2.26. The minimum Gasteiger partial charge on any atom is -0.507 e. The van der Waals surface area contributed by atoms with Crippen LogP contribution in [0.2, 0.25) is 0 Å². The van der Waals surface area contributed by atoms with E-state index in [4.69, 9.17) is 4.74 Å². The largest absolute Gasteiger partial charge is 0.507 e. The van der Waals surface area contributed by atoms with Crippen molar-refractivity contribution >= 4 is 45.2 Å². The summed E-state index contributed by atoms with van der Waals surface area (Å²) in [7, 11) is 0. The van der Waals surface area contributed by atoms with E-state index in [-0.39, 0.29) is 26.6 Å². The van der Waals surface area contributed by atoms with Gasteiger partial charge in [-0.15, -0.1) is 0 Å². The second-order valence-electron chi connectivity index (χ2n) is 7.95. The number of rotatable bonds is 5. The Balaban J connectivity index is 1.68. The fourth-order valence-corrected chi connectivity index (χ4v) is 6.26. The number of hydrogen-bond acceptors (Lipinski definition) is 2. The highest BCUT2D eigenvalue weighted by molar-refractivity contribution is 14.1. The van der Waals surface area contributed by atoms with Gasteiger partial charge in [0.2, 0.25) is 0 Å². The van der Waals surface area contributed by atoms with E-state index in [2.05, 4.69) is 115 Å². The number of phenols is 1. The Morgan fingerprint density at radius 2 is 1.62 bits per heavy atom. The maximum absolute atomic E-state index is 9.80. The molecule has 0 radical (unpaired) electrons. The molecule has 0 heterocycles. The molecule has 0 saturated carbocycles. The second kappa shape index (κ2) is 9.72. The molecular weight excluding hydrogens is 701 g/mol. The zero-order chi connectivity index (χ0) is 21.2. The summed E-state index contributed by atoms with van der Waals surface area (Å²) >= 11 is 4.17. The first kappa shape index (κ1) is 23.1. The third kappa shape index (κ3) is 6.22. The number of aromatic hydroxyl groups is 1. The first-order chi connectivity index (χ1) is 13.6. The molecule has 0 bridgehead atoms. The third-order valence-corrected chi connectivity index (χ3v) is 9.56. The summed E-state index contributed by atoms with van der Waals surface area (Å²) in [5.74, 6) is 1.20. The molecule has 2 nitrogen and oxygen atoms in total. The van der Waals surface area contributed by atoms with E-state index >= 15 is 0 Å². The van der Waals surface area contributed by atoms with Crippen LogP contribution in [0.3, 0.4) is 0 Å². The monoisotopic (exact) mass is 725 g/mol. The van der Waals surface area contributed by atoms with Crippen LogP contribution >= 0.6 is 45.2 Å². The van der Waals surface area contributed by atoms with Crippen molar-refractivity contribution in [2.24, 2.45) is 0 Å². The van der Waals surface area contributed by atoms with Crippen LogP contribution in [0.1, 0.15) is 37.5 Å². The minimum absolute atomic E-state index is 0.194. The molecule has 5 heteroatoms.